The van der Waals surface area contributed by atoms with Crippen LogP contribution in [0.15, 0.2) is 16.7 Å². The molecule has 0 spiro atoms. The highest BCUT2D eigenvalue weighted by Crippen LogP contribution is 2.30. The third-order valence-corrected chi connectivity index (χ3v) is 4.03. The molecule has 6 nitrogen and oxygen atoms in total. The molecule has 3 heterocycles. The molecule has 0 aromatic carbocycles. The Morgan fingerprint density at radius 3 is 2.46 bits per heavy atom. The fraction of sp³-hybridized carbons (Fsp3) is 0.400. The summed E-state index contributed by atoms with van der Waals surface area (Å²) < 4.78 is 45.4. The molecule has 128 valence electrons. The molecule has 9 heteroatoms. The van der Waals surface area contributed by atoms with Crippen molar-refractivity contribution in [3.8, 4) is 0 Å². The fourth-order valence-corrected chi connectivity index (χ4v) is 2.51. The normalized spacial score (nSPS) is 12.1. The van der Waals surface area contributed by atoms with Crippen LogP contribution in [0.1, 0.15) is 28.3 Å². The summed E-state index contributed by atoms with van der Waals surface area (Å²) in [7, 11) is 1.75. The zero-order valence-electron chi connectivity index (χ0n) is 13.6. The number of aromatic nitrogens is 4. The van der Waals surface area contributed by atoms with Crippen molar-refractivity contribution in [3.05, 3.63) is 40.6 Å². The average molecular weight is 339 g/mol. The van der Waals surface area contributed by atoms with Crippen LogP contribution in [0, 0.1) is 20.8 Å². The van der Waals surface area contributed by atoms with Crippen molar-refractivity contribution in [3.63, 3.8) is 0 Å². The molecular formula is C15H16F3N5O. The van der Waals surface area contributed by atoms with Crippen molar-refractivity contribution in [2.75, 3.05) is 11.9 Å². The molecule has 3 aromatic rings. The number of halogens is 3. The van der Waals surface area contributed by atoms with Gasteiger partial charge in [0.15, 0.2) is 11.5 Å². The highest BCUT2D eigenvalue weighted by Gasteiger charge is 2.38. The van der Waals surface area contributed by atoms with E-state index < -0.39 is 12.0 Å². The van der Waals surface area contributed by atoms with Gasteiger partial charge < -0.3 is 9.32 Å². The summed E-state index contributed by atoms with van der Waals surface area (Å²) in [6.07, 6.45) is -3.05. The van der Waals surface area contributed by atoms with Crippen LogP contribution in [0.2, 0.25) is 0 Å². The van der Waals surface area contributed by atoms with Gasteiger partial charge in [-0.25, -0.2) is 0 Å². The van der Waals surface area contributed by atoms with Gasteiger partial charge in [0.05, 0.1) is 12.8 Å². The Balaban J connectivity index is 2.10. The highest BCUT2D eigenvalue weighted by molar-refractivity contribution is 5.59. The molecule has 0 atom stereocenters. The van der Waals surface area contributed by atoms with Crippen LogP contribution in [0.4, 0.5) is 19.0 Å². The molecule has 0 aliphatic rings. The van der Waals surface area contributed by atoms with Gasteiger partial charge >= 0.3 is 6.18 Å². The molecular weight excluding hydrogens is 323 g/mol. The number of hydrogen-bond donors (Lipinski definition) is 0. The Labute approximate surface area is 135 Å². The molecule has 24 heavy (non-hydrogen) atoms. The lowest BCUT2D eigenvalue weighted by Crippen LogP contribution is -2.22. The van der Waals surface area contributed by atoms with Gasteiger partial charge in [0.1, 0.15) is 5.76 Å². The molecule has 0 fully saturated rings. The van der Waals surface area contributed by atoms with Crippen molar-refractivity contribution in [2.24, 2.45) is 0 Å². The maximum absolute atomic E-state index is 13.1. The van der Waals surface area contributed by atoms with Gasteiger partial charge in [-0.15, -0.1) is 15.3 Å². The van der Waals surface area contributed by atoms with Crippen molar-refractivity contribution in [2.45, 2.75) is 33.5 Å². The van der Waals surface area contributed by atoms with Crippen molar-refractivity contribution in [1.29, 1.82) is 0 Å². The predicted octanol–water partition coefficient (Wildman–Crippen LogP) is 3.30. The second kappa shape index (κ2) is 5.50. The molecule has 0 saturated heterocycles. The first kappa shape index (κ1) is 16.3. The van der Waals surface area contributed by atoms with Crippen molar-refractivity contribution in [1.82, 2.24) is 19.8 Å². The Hall–Kier alpha value is -2.58. The second-order valence-electron chi connectivity index (χ2n) is 5.71. The summed E-state index contributed by atoms with van der Waals surface area (Å²) >= 11 is 0. The molecule has 3 rings (SSSR count). The van der Waals surface area contributed by atoms with Gasteiger partial charge in [0.25, 0.3) is 5.82 Å². The van der Waals surface area contributed by atoms with Gasteiger partial charge in [-0.2, -0.15) is 17.7 Å². The molecule has 0 amide bonds. The monoisotopic (exact) mass is 339 g/mol. The number of aryl methyl sites for hydroxylation is 2. The van der Waals surface area contributed by atoms with Crippen LogP contribution < -0.4 is 4.90 Å². The van der Waals surface area contributed by atoms with E-state index in [1.807, 2.05) is 13.0 Å². The van der Waals surface area contributed by atoms with Crippen LogP contribution >= 0.6 is 0 Å². The van der Waals surface area contributed by atoms with Gasteiger partial charge in [-0.05, 0) is 32.4 Å². The number of nitrogens with zero attached hydrogens (tertiary/aromatic N) is 5. The van der Waals surface area contributed by atoms with E-state index in [-0.39, 0.29) is 5.65 Å². The van der Waals surface area contributed by atoms with Gasteiger partial charge in [-0.1, -0.05) is 0 Å². The maximum atomic E-state index is 13.1. The van der Waals surface area contributed by atoms with Crippen molar-refractivity contribution < 1.29 is 17.6 Å². The molecule has 0 radical (unpaired) electrons. The lowest BCUT2D eigenvalue weighted by molar-refractivity contribution is -0.146. The summed E-state index contributed by atoms with van der Waals surface area (Å²) in [5.74, 6) is 0.0155. The topological polar surface area (TPSA) is 59.5 Å². The first-order valence-electron chi connectivity index (χ1n) is 7.24. The minimum atomic E-state index is -4.62. The second-order valence-corrected chi connectivity index (χ2v) is 5.71. The van der Waals surface area contributed by atoms with E-state index in [9.17, 15) is 13.2 Å². The lowest BCUT2D eigenvalue weighted by Gasteiger charge is -2.21. The van der Waals surface area contributed by atoms with E-state index in [4.69, 9.17) is 4.42 Å². The maximum Gasteiger partial charge on any atom is 0.453 e. The highest BCUT2D eigenvalue weighted by atomic mass is 19.4. The van der Waals surface area contributed by atoms with Crippen LogP contribution in [-0.4, -0.2) is 26.9 Å². The number of furan rings is 1. The number of anilines is 1. The SMILES string of the molecule is Cc1ccoc1CN(C)c1nn2c(C(F)(F)F)nnc2c(C)c1C. The third kappa shape index (κ3) is 2.59. The van der Waals surface area contributed by atoms with Crippen molar-refractivity contribution >= 4 is 11.5 Å². The average Bonchev–Trinajstić information content (AvgIpc) is 3.09. The quantitative estimate of drug-likeness (QED) is 0.733. The minimum absolute atomic E-state index is 0.103. The molecule has 0 aliphatic heterocycles. The molecule has 0 aliphatic carbocycles. The Morgan fingerprint density at radius 2 is 1.88 bits per heavy atom. The summed E-state index contributed by atoms with van der Waals surface area (Å²) in [5.41, 5.74) is 2.42. The van der Waals surface area contributed by atoms with Gasteiger partial charge in [0.2, 0.25) is 0 Å². The smallest absolute Gasteiger partial charge is 0.453 e. The summed E-state index contributed by atoms with van der Waals surface area (Å²) in [5, 5.41) is 11.0. The summed E-state index contributed by atoms with van der Waals surface area (Å²) in [6.45, 7) is 5.80. The third-order valence-electron chi connectivity index (χ3n) is 4.03. The standard InChI is InChI=1S/C15H16F3N5O/c1-8-5-6-24-11(8)7-22(4)13-10(3)9(2)12-19-20-14(15(16,17)18)23(12)21-13/h5-6H,7H2,1-4H3. The van der Waals surface area contributed by atoms with E-state index in [0.717, 1.165) is 21.4 Å². The first-order chi connectivity index (χ1) is 11.2. The van der Waals surface area contributed by atoms with Gasteiger partial charge in [0, 0.05) is 18.2 Å². The van der Waals surface area contributed by atoms with Gasteiger partial charge in [-0.3, -0.25) is 0 Å². The number of hydrogen-bond acceptors (Lipinski definition) is 5. The molecule has 0 N–H and O–H groups in total. The molecule has 0 saturated carbocycles. The summed E-state index contributed by atoms with van der Waals surface area (Å²) in [4.78, 5) is 1.74. The van der Waals surface area contributed by atoms with Crippen LogP contribution in [0.5, 0.6) is 0 Å². The Morgan fingerprint density at radius 1 is 1.17 bits per heavy atom. The Bertz CT molecular complexity index is 897. The van der Waals surface area contributed by atoms with E-state index in [0.29, 0.717) is 17.9 Å². The number of rotatable bonds is 3. The van der Waals surface area contributed by atoms with E-state index in [2.05, 4.69) is 15.3 Å². The minimum Gasteiger partial charge on any atom is -0.467 e. The van der Waals surface area contributed by atoms with E-state index in [1.54, 1.807) is 32.1 Å². The fourth-order valence-electron chi connectivity index (χ4n) is 2.51. The largest absolute Gasteiger partial charge is 0.467 e. The Kier molecular flexibility index (Phi) is 3.73. The van der Waals surface area contributed by atoms with Crippen LogP contribution in [0.25, 0.3) is 5.65 Å². The lowest BCUT2D eigenvalue weighted by atomic mass is 10.1. The molecule has 3 aromatic heterocycles. The summed E-state index contributed by atoms with van der Waals surface area (Å²) in [6, 6.07) is 1.83. The zero-order chi connectivity index (χ0) is 17.6. The number of alkyl halides is 3. The number of fused-ring (bicyclic) bond motifs is 1. The van der Waals surface area contributed by atoms with Crippen LogP contribution in [0.3, 0.4) is 0 Å². The molecule has 0 unspecified atom stereocenters. The van der Waals surface area contributed by atoms with E-state index >= 15 is 0 Å². The zero-order valence-corrected chi connectivity index (χ0v) is 13.6. The van der Waals surface area contributed by atoms with E-state index in [1.165, 1.54) is 0 Å². The molecule has 0 bridgehead atoms. The van der Waals surface area contributed by atoms with Crippen LogP contribution in [-0.2, 0) is 12.7 Å². The first-order valence-corrected chi connectivity index (χ1v) is 7.24. The predicted molar refractivity (Wildman–Crippen MR) is 80.8 cm³/mol.